The van der Waals surface area contributed by atoms with Gasteiger partial charge < -0.3 is 5.73 Å². The largest absolute Gasteiger partial charge is 0.327 e. The number of hydrogen-bond acceptors (Lipinski definition) is 2. The Bertz CT molecular complexity index is 297. The van der Waals surface area contributed by atoms with Crippen LogP contribution in [-0.4, -0.2) is 11.0 Å². The third-order valence-corrected chi connectivity index (χ3v) is 3.22. The Morgan fingerprint density at radius 2 is 2.07 bits per heavy atom. The van der Waals surface area contributed by atoms with Gasteiger partial charge in [-0.05, 0) is 24.5 Å². The van der Waals surface area contributed by atoms with Crippen molar-refractivity contribution in [1.29, 1.82) is 0 Å². The molecule has 0 bridgehead atoms. The third-order valence-electron chi connectivity index (χ3n) is 3.00. The molecule has 3 heteroatoms. The number of nitrogens with zero attached hydrogens (tertiary/aromatic N) is 1. The molecule has 1 fully saturated rings. The molecule has 0 amide bonds. The summed E-state index contributed by atoms with van der Waals surface area (Å²) >= 11 is 5.74. The third kappa shape index (κ3) is 2.07. The first-order valence-electron chi connectivity index (χ1n) is 5.14. The van der Waals surface area contributed by atoms with Crippen molar-refractivity contribution in [2.45, 2.75) is 37.6 Å². The molecule has 2 unspecified atom stereocenters. The summed E-state index contributed by atoms with van der Waals surface area (Å²) < 4.78 is 0. The Balaban J connectivity index is 2.16. The minimum absolute atomic E-state index is 0.298. The molecular formula is C11H15ClN2. The van der Waals surface area contributed by atoms with Crippen molar-refractivity contribution in [1.82, 2.24) is 4.98 Å². The molecule has 2 N–H and O–H groups in total. The minimum atomic E-state index is 0.298. The van der Waals surface area contributed by atoms with Gasteiger partial charge in [0.05, 0.1) is 0 Å². The molecule has 2 rings (SSSR count). The van der Waals surface area contributed by atoms with Crippen molar-refractivity contribution in [3.05, 3.63) is 29.0 Å². The summed E-state index contributed by atoms with van der Waals surface area (Å²) in [5.74, 6) is 0.480. The van der Waals surface area contributed by atoms with E-state index in [4.69, 9.17) is 17.3 Å². The van der Waals surface area contributed by atoms with Crippen LogP contribution in [0.25, 0.3) is 0 Å². The van der Waals surface area contributed by atoms with Gasteiger partial charge in [-0.25, -0.2) is 4.98 Å². The van der Waals surface area contributed by atoms with Crippen molar-refractivity contribution >= 4 is 11.6 Å². The lowest BCUT2D eigenvalue weighted by atomic mass is 9.81. The van der Waals surface area contributed by atoms with Gasteiger partial charge in [0.25, 0.3) is 0 Å². The summed E-state index contributed by atoms with van der Waals surface area (Å²) in [6.45, 7) is 0. The van der Waals surface area contributed by atoms with Crippen LogP contribution < -0.4 is 5.73 Å². The highest BCUT2D eigenvalue weighted by Gasteiger charge is 2.23. The summed E-state index contributed by atoms with van der Waals surface area (Å²) in [5, 5.41) is 0.554. The van der Waals surface area contributed by atoms with Crippen molar-refractivity contribution in [3.8, 4) is 0 Å². The van der Waals surface area contributed by atoms with Crippen LogP contribution in [0.15, 0.2) is 18.3 Å². The highest BCUT2D eigenvalue weighted by atomic mass is 35.5. The lowest BCUT2D eigenvalue weighted by Crippen LogP contribution is -2.31. The van der Waals surface area contributed by atoms with Crippen molar-refractivity contribution in [2.75, 3.05) is 0 Å². The summed E-state index contributed by atoms with van der Waals surface area (Å²) in [6, 6.07) is 4.19. The molecule has 76 valence electrons. The molecular weight excluding hydrogens is 196 g/mol. The van der Waals surface area contributed by atoms with Gasteiger partial charge in [0, 0.05) is 18.2 Å². The number of rotatable bonds is 1. The maximum Gasteiger partial charge on any atom is 0.129 e. The van der Waals surface area contributed by atoms with E-state index in [1.807, 2.05) is 18.3 Å². The zero-order valence-corrected chi connectivity index (χ0v) is 8.87. The smallest absolute Gasteiger partial charge is 0.129 e. The Morgan fingerprint density at radius 3 is 2.71 bits per heavy atom. The lowest BCUT2D eigenvalue weighted by Gasteiger charge is -2.28. The molecule has 0 radical (unpaired) electrons. The molecule has 2 nitrogen and oxygen atoms in total. The molecule has 1 aliphatic rings. The second-order valence-corrected chi connectivity index (χ2v) is 4.36. The zero-order valence-electron chi connectivity index (χ0n) is 8.12. The highest BCUT2D eigenvalue weighted by Crippen LogP contribution is 2.31. The van der Waals surface area contributed by atoms with Gasteiger partial charge in [0.15, 0.2) is 0 Å². The standard InChI is InChI=1S/C11H15ClN2/c12-11-6-5-8(7-14-11)9-3-1-2-4-10(9)13/h5-7,9-10H,1-4,13H2. The van der Waals surface area contributed by atoms with Crippen molar-refractivity contribution in [2.24, 2.45) is 5.73 Å². The van der Waals surface area contributed by atoms with Gasteiger partial charge >= 0.3 is 0 Å². The Hall–Kier alpha value is -0.600. The van der Waals surface area contributed by atoms with Crippen LogP contribution in [-0.2, 0) is 0 Å². The predicted molar refractivity (Wildman–Crippen MR) is 58.4 cm³/mol. The molecule has 0 aliphatic heterocycles. The fourth-order valence-electron chi connectivity index (χ4n) is 2.18. The van der Waals surface area contributed by atoms with Gasteiger partial charge in [0.1, 0.15) is 5.15 Å². The molecule has 1 aliphatic carbocycles. The molecule has 0 spiro atoms. The van der Waals surface area contributed by atoms with Crippen LogP contribution in [0.1, 0.15) is 37.2 Å². The first kappa shape index (κ1) is 9.94. The normalized spacial score (nSPS) is 27.6. The molecule has 2 atom stereocenters. The second kappa shape index (κ2) is 4.28. The fraction of sp³-hybridized carbons (Fsp3) is 0.545. The van der Waals surface area contributed by atoms with E-state index in [9.17, 15) is 0 Å². The van der Waals surface area contributed by atoms with E-state index >= 15 is 0 Å². The lowest BCUT2D eigenvalue weighted by molar-refractivity contribution is 0.385. The van der Waals surface area contributed by atoms with Crippen LogP contribution in [0, 0.1) is 0 Å². The monoisotopic (exact) mass is 210 g/mol. The second-order valence-electron chi connectivity index (χ2n) is 3.97. The quantitative estimate of drug-likeness (QED) is 0.724. The molecule has 14 heavy (non-hydrogen) atoms. The average Bonchev–Trinajstić information content (AvgIpc) is 2.20. The topological polar surface area (TPSA) is 38.9 Å². The van der Waals surface area contributed by atoms with E-state index in [0.717, 1.165) is 6.42 Å². The molecule has 1 aromatic heterocycles. The van der Waals surface area contributed by atoms with E-state index in [2.05, 4.69) is 4.98 Å². The Labute approximate surface area is 89.5 Å². The van der Waals surface area contributed by atoms with Crippen molar-refractivity contribution in [3.63, 3.8) is 0 Å². The van der Waals surface area contributed by atoms with E-state index in [-0.39, 0.29) is 0 Å². The summed E-state index contributed by atoms with van der Waals surface area (Å²) in [7, 11) is 0. The van der Waals surface area contributed by atoms with Crippen LogP contribution in [0.3, 0.4) is 0 Å². The first-order chi connectivity index (χ1) is 6.77. The fourth-order valence-corrected chi connectivity index (χ4v) is 2.29. The van der Waals surface area contributed by atoms with Gasteiger partial charge in [-0.1, -0.05) is 30.5 Å². The number of halogens is 1. The van der Waals surface area contributed by atoms with Crippen LogP contribution in [0.5, 0.6) is 0 Å². The number of pyridine rings is 1. The highest BCUT2D eigenvalue weighted by molar-refractivity contribution is 6.29. The minimum Gasteiger partial charge on any atom is -0.327 e. The Kier molecular flexibility index (Phi) is 3.04. The SMILES string of the molecule is NC1CCCCC1c1ccc(Cl)nc1. The van der Waals surface area contributed by atoms with Crippen LogP contribution >= 0.6 is 11.6 Å². The van der Waals surface area contributed by atoms with Gasteiger partial charge in [-0.3, -0.25) is 0 Å². The Morgan fingerprint density at radius 1 is 1.29 bits per heavy atom. The maximum atomic E-state index is 6.09. The molecule has 1 saturated carbocycles. The average molecular weight is 211 g/mol. The summed E-state index contributed by atoms with van der Waals surface area (Å²) in [6.07, 6.45) is 6.72. The predicted octanol–water partition coefficient (Wildman–Crippen LogP) is 2.72. The molecule has 1 aromatic rings. The summed E-state index contributed by atoms with van der Waals surface area (Å²) in [4.78, 5) is 4.10. The van der Waals surface area contributed by atoms with Crippen LogP contribution in [0.2, 0.25) is 5.15 Å². The summed E-state index contributed by atoms with van der Waals surface area (Å²) in [5.41, 5.74) is 7.33. The first-order valence-corrected chi connectivity index (χ1v) is 5.52. The van der Waals surface area contributed by atoms with Gasteiger partial charge in [-0.2, -0.15) is 0 Å². The van der Waals surface area contributed by atoms with E-state index < -0.39 is 0 Å². The maximum absolute atomic E-state index is 6.09. The van der Waals surface area contributed by atoms with Gasteiger partial charge in [0.2, 0.25) is 0 Å². The number of nitrogens with two attached hydrogens (primary N) is 1. The molecule has 0 saturated heterocycles. The zero-order chi connectivity index (χ0) is 9.97. The molecule has 0 aromatic carbocycles. The van der Waals surface area contributed by atoms with E-state index in [0.29, 0.717) is 17.1 Å². The molecule has 1 heterocycles. The van der Waals surface area contributed by atoms with Gasteiger partial charge in [-0.15, -0.1) is 0 Å². The van der Waals surface area contributed by atoms with E-state index in [1.165, 1.54) is 24.8 Å². The van der Waals surface area contributed by atoms with E-state index in [1.54, 1.807) is 0 Å². The van der Waals surface area contributed by atoms with Crippen molar-refractivity contribution < 1.29 is 0 Å². The number of aromatic nitrogens is 1. The number of hydrogen-bond donors (Lipinski definition) is 1. The van der Waals surface area contributed by atoms with Crippen LogP contribution in [0.4, 0.5) is 0 Å².